The van der Waals surface area contributed by atoms with Crippen LogP contribution in [0.3, 0.4) is 0 Å². The highest BCUT2D eigenvalue weighted by Crippen LogP contribution is 2.37. The first-order chi connectivity index (χ1) is 10.8. The molecular formula is C15H16ClN3O4. The van der Waals surface area contributed by atoms with Gasteiger partial charge in [0, 0.05) is 0 Å². The molecule has 0 radical (unpaired) electrons. The molecule has 0 atom stereocenters. The van der Waals surface area contributed by atoms with E-state index in [9.17, 15) is 9.59 Å². The number of hydrogen-bond donors (Lipinski definition) is 2. The van der Waals surface area contributed by atoms with E-state index in [2.05, 4.69) is 0 Å². The van der Waals surface area contributed by atoms with Gasteiger partial charge in [-0.15, -0.1) is 0 Å². The van der Waals surface area contributed by atoms with Crippen molar-refractivity contribution in [1.29, 1.82) is 5.26 Å². The van der Waals surface area contributed by atoms with Crippen LogP contribution in [-0.4, -0.2) is 25.2 Å². The third-order valence-electron chi connectivity index (χ3n) is 2.52. The third-order valence-corrected chi connectivity index (χ3v) is 2.80. The quantitative estimate of drug-likeness (QED) is 0.631. The Labute approximate surface area is 138 Å². The number of nitrogens with zero attached hydrogens (tertiary/aromatic N) is 1. The van der Waals surface area contributed by atoms with Crippen molar-refractivity contribution in [1.82, 2.24) is 5.32 Å². The summed E-state index contributed by atoms with van der Waals surface area (Å²) in [6.07, 6.45) is 1.14. The molecule has 8 heteroatoms. The molecule has 3 amide bonds. The predicted octanol–water partition coefficient (Wildman–Crippen LogP) is 2.24. The van der Waals surface area contributed by atoms with Crippen LogP contribution in [0.15, 0.2) is 17.7 Å². The van der Waals surface area contributed by atoms with Crippen molar-refractivity contribution in [3.8, 4) is 17.6 Å². The summed E-state index contributed by atoms with van der Waals surface area (Å²) in [5, 5.41) is 11.1. The van der Waals surface area contributed by atoms with Crippen LogP contribution in [-0.2, 0) is 4.79 Å². The number of methoxy groups -OCH3 is 1. The van der Waals surface area contributed by atoms with Crippen molar-refractivity contribution in [2.24, 2.45) is 5.73 Å². The van der Waals surface area contributed by atoms with Crippen LogP contribution in [0.5, 0.6) is 11.5 Å². The molecule has 23 heavy (non-hydrogen) atoms. The van der Waals surface area contributed by atoms with Crippen molar-refractivity contribution in [2.45, 2.75) is 20.0 Å². The second-order valence-electron chi connectivity index (χ2n) is 4.69. The summed E-state index contributed by atoms with van der Waals surface area (Å²) in [4.78, 5) is 22.3. The van der Waals surface area contributed by atoms with Gasteiger partial charge < -0.3 is 15.2 Å². The van der Waals surface area contributed by atoms with Crippen molar-refractivity contribution in [3.05, 3.63) is 28.3 Å². The SMILES string of the molecule is COc1cc(/C=C(/C#N)C(=O)NC(N)=O)cc(Cl)c1OC(C)C. The molecule has 122 valence electrons. The molecule has 0 aliphatic carbocycles. The van der Waals surface area contributed by atoms with Crippen LogP contribution in [0.2, 0.25) is 5.02 Å². The van der Waals surface area contributed by atoms with Gasteiger partial charge >= 0.3 is 6.03 Å². The molecule has 0 aliphatic heterocycles. The number of carbonyl (C=O) groups is 2. The Hall–Kier alpha value is -2.72. The van der Waals surface area contributed by atoms with Crippen LogP contribution in [0.4, 0.5) is 4.79 Å². The molecule has 7 nitrogen and oxygen atoms in total. The first-order valence-corrected chi connectivity index (χ1v) is 6.93. The van der Waals surface area contributed by atoms with Crippen molar-refractivity contribution < 1.29 is 19.1 Å². The summed E-state index contributed by atoms with van der Waals surface area (Å²) in [5.41, 5.74) is 4.97. The summed E-state index contributed by atoms with van der Waals surface area (Å²) >= 11 is 6.16. The van der Waals surface area contributed by atoms with E-state index in [1.807, 2.05) is 19.2 Å². The number of primary amides is 1. The number of ether oxygens (including phenoxy) is 2. The number of nitrogens with two attached hydrogens (primary N) is 1. The Morgan fingerprint density at radius 1 is 1.43 bits per heavy atom. The molecule has 3 N–H and O–H groups in total. The van der Waals surface area contributed by atoms with Gasteiger partial charge in [-0.3, -0.25) is 10.1 Å². The lowest BCUT2D eigenvalue weighted by Crippen LogP contribution is -2.35. The van der Waals surface area contributed by atoms with Crippen LogP contribution < -0.4 is 20.5 Å². The number of nitriles is 1. The number of nitrogens with one attached hydrogen (secondary N) is 1. The number of benzene rings is 1. The number of carbonyl (C=O) groups excluding carboxylic acids is 2. The van der Waals surface area contributed by atoms with E-state index < -0.39 is 11.9 Å². The van der Waals surface area contributed by atoms with E-state index in [0.29, 0.717) is 17.1 Å². The Bertz CT molecular complexity index is 693. The van der Waals surface area contributed by atoms with E-state index >= 15 is 0 Å². The average Bonchev–Trinajstić information content (AvgIpc) is 2.45. The molecule has 0 unspecified atom stereocenters. The van der Waals surface area contributed by atoms with Gasteiger partial charge in [0.15, 0.2) is 11.5 Å². The van der Waals surface area contributed by atoms with Gasteiger partial charge in [0.2, 0.25) is 0 Å². The van der Waals surface area contributed by atoms with Crippen molar-refractivity contribution in [3.63, 3.8) is 0 Å². The minimum atomic E-state index is -1.05. The topological polar surface area (TPSA) is 114 Å². The van der Waals surface area contributed by atoms with Gasteiger partial charge in [-0.2, -0.15) is 5.26 Å². The number of imide groups is 1. The molecule has 0 aliphatic rings. The fourth-order valence-electron chi connectivity index (χ4n) is 1.67. The molecule has 0 fully saturated rings. The van der Waals surface area contributed by atoms with Crippen LogP contribution in [0.1, 0.15) is 19.4 Å². The molecule has 1 aromatic rings. The molecule has 0 heterocycles. The highest BCUT2D eigenvalue weighted by atomic mass is 35.5. The van der Waals surface area contributed by atoms with Gasteiger partial charge in [0.25, 0.3) is 5.91 Å². The molecule has 0 aromatic heterocycles. The normalized spacial score (nSPS) is 10.9. The zero-order valence-electron chi connectivity index (χ0n) is 12.8. The second-order valence-corrected chi connectivity index (χ2v) is 5.10. The molecular weight excluding hydrogens is 322 g/mol. The van der Waals surface area contributed by atoms with Crippen molar-refractivity contribution >= 4 is 29.6 Å². The van der Waals surface area contributed by atoms with Crippen molar-refractivity contribution in [2.75, 3.05) is 7.11 Å². The number of amides is 3. The molecule has 0 spiro atoms. The summed E-state index contributed by atoms with van der Waals surface area (Å²) < 4.78 is 10.8. The Morgan fingerprint density at radius 2 is 2.09 bits per heavy atom. The van der Waals surface area contributed by atoms with Gasteiger partial charge in [-0.25, -0.2) is 4.79 Å². The molecule has 1 rings (SSSR count). The maximum absolute atomic E-state index is 11.6. The predicted molar refractivity (Wildman–Crippen MR) is 85.1 cm³/mol. The van der Waals surface area contributed by atoms with E-state index in [-0.39, 0.29) is 16.7 Å². The van der Waals surface area contributed by atoms with E-state index in [1.165, 1.54) is 19.3 Å². The second kappa shape index (κ2) is 8.06. The van der Waals surface area contributed by atoms with E-state index in [0.717, 1.165) is 0 Å². The van der Waals surface area contributed by atoms with Gasteiger partial charge in [0.05, 0.1) is 18.2 Å². The third kappa shape index (κ3) is 5.20. The van der Waals surface area contributed by atoms with E-state index in [4.69, 9.17) is 32.1 Å². The smallest absolute Gasteiger partial charge is 0.319 e. The monoisotopic (exact) mass is 337 g/mol. The van der Waals surface area contributed by atoms with Crippen LogP contribution in [0, 0.1) is 11.3 Å². The van der Waals surface area contributed by atoms with Crippen LogP contribution >= 0.6 is 11.6 Å². The standard InChI is InChI=1S/C15H16ClN3O4/c1-8(2)23-13-11(16)5-9(6-12(13)22-3)4-10(7-17)14(20)19-15(18)21/h4-6,8H,1-3H3,(H3,18,19,20,21)/b10-4-. The maximum atomic E-state index is 11.6. The lowest BCUT2D eigenvalue weighted by molar-refractivity contribution is -0.115. The summed E-state index contributed by atoms with van der Waals surface area (Å²) in [7, 11) is 1.44. The number of urea groups is 1. The highest BCUT2D eigenvalue weighted by Gasteiger charge is 2.15. The largest absolute Gasteiger partial charge is 0.493 e. The van der Waals surface area contributed by atoms with Crippen LogP contribution in [0.25, 0.3) is 6.08 Å². The number of hydrogen-bond acceptors (Lipinski definition) is 5. The first kappa shape index (κ1) is 18.3. The van der Waals surface area contributed by atoms with Gasteiger partial charge in [-0.1, -0.05) is 11.6 Å². The zero-order valence-corrected chi connectivity index (χ0v) is 13.6. The van der Waals surface area contributed by atoms with Gasteiger partial charge in [0.1, 0.15) is 11.6 Å². The molecule has 1 aromatic carbocycles. The van der Waals surface area contributed by atoms with E-state index in [1.54, 1.807) is 12.1 Å². The van der Waals surface area contributed by atoms with Gasteiger partial charge in [-0.05, 0) is 37.6 Å². The Kier molecular flexibility index (Phi) is 6.42. The Balaban J connectivity index is 3.25. The minimum absolute atomic E-state index is 0.112. The minimum Gasteiger partial charge on any atom is -0.493 e. The Morgan fingerprint density at radius 3 is 2.57 bits per heavy atom. The highest BCUT2D eigenvalue weighted by molar-refractivity contribution is 6.32. The summed E-state index contributed by atoms with van der Waals surface area (Å²) in [6, 6.07) is 3.70. The fraction of sp³-hybridized carbons (Fsp3) is 0.267. The molecule has 0 saturated carbocycles. The number of rotatable bonds is 5. The lowest BCUT2D eigenvalue weighted by Gasteiger charge is -2.15. The average molecular weight is 338 g/mol. The molecule has 0 saturated heterocycles. The number of halogens is 1. The first-order valence-electron chi connectivity index (χ1n) is 6.55. The summed E-state index contributed by atoms with van der Waals surface area (Å²) in [6.45, 7) is 3.68. The lowest BCUT2D eigenvalue weighted by atomic mass is 10.1. The fourth-order valence-corrected chi connectivity index (χ4v) is 1.93. The molecule has 0 bridgehead atoms. The maximum Gasteiger partial charge on any atom is 0.319 e. The summed E-state index contributed by atoms with van der Waals surface area (Å²) in [5.74, 6) is -0.191. The zero-order chi connectivity index (χ0) is 17.6.